The van der Waals surface area contributed by atoms with E-state index >= 15 is 0 Å². The Hall–Kier alpha value is -2.77. The van der Waals surface area contributed by atoms with Crippen LogP contribution >= 0.6 is 0 Å². The quantitative estimate of drug-likeness (QED) is 0.607. The maximum Gasteiger partial charge on any atom is 0.307 e. The largest absolute Gasteiger partial charge is 1.00 e. The third-order valence-corrected chi connectivity index (χ3v) is 2.08. The molecule has 184 valence electrons. The molecule has 0 saturated carbocycles. The zero-order valence-electron chi connectivity index (χ0n) is 44.4. The lowest BCUT2D eigenvalue weighted by atomic mass is 10.1. The molecule has 2 rings (SSSR count). The van der Waals surface area contributed by atoms with Crippen molar-refractivity contribution in [2.45, 2.75) is 27.6 Å². The highest BCUT2D eigenvalue weighted by atomic mass is 35.5. The summed E-state index contributed by atoms with van der Waals surface area (Å²) in [7, 11) is -6.20. The van der Waals surface area contributed by atoms with Crippen LogP contribution < -0.4 is 27.2 Å². The summed E-state index contributed by atoms with van der Waals surface area (Å²) in [6.45, 7) is -12.4. The van der Waals surface area contributed by atoms with Gasteiger partial charge in [0.1, 0.15) is 11.5 Å². The van der Waals surface area contributed by atoms with E-state index in [0.29, 0.717) is 0 Å². The van der Waals surface area contributed by atoms with Gasteiger partial charge < -0.3 is 37.2 Å². The Morgan fingerprint density at radius 2 is 1.38 bits per heavy atom. The van der Waals surface area contributed by atoms with Crippen molar-refractivity contribution < 1.29 is 77.7 Å². The number of hydrogen-bond donors (Lipinski definition) is 2. The number of ether oxygens (including phenoxy) is 2. The van der Waals surface area contributed by atoms with Crippen LogP contribution in [0.3, 0.4) is 0 Å². The minimum atomic E-state index is -3.62. The molecule has 1 amide bonds. The van der Waals surface area contributed by atoms with Gasteiger partial charge in [-0.05, 0) is 49.2 Å². The van der Waals surface area contributed by atoms with Crippen LogP contribution in [-0.4, -0.2) is 63.9 Å². The Labute approximate surface area is 242 Å². The van der Waals surface area contributed by atoms with E-state index in [4.69, 9.17) is 46.2 Å². The number of hydrogen-bond acceptors (Lipinski definition) is 5. The average molecular weight is 502 g/mol. The van der Waals surface area contributed by atoms with Gasteiger partial charge in [-0.2, -0.15) is 0 Å². The SMILES string of the molecule is C.C.[2H]C([2H])([2H])NC([2H])([2H])[2H].[2H]c1c([2H])c(C([2H])([2H])C(=O)N(C([2H])([2H])[2H])C([2H])([2H])[2H])c([2H])c([2H])c1OC([2H])([2H])[2H].[2H]c1c([2H])c(C([2H])([2H])C(=O)O)c([2H])c([2H])c1OC([2H])([2H])[2H].[Cl-]. The number of methoxy groups -OCH3 is 2. The van der Waals surface area contributed by atoms with Crippen LogP contribution in [0, 0.1) is 0 Å². The number of benzene rings is 2. The monoisotopic (exact) mass is 501 g/mol. The Morgan fingerprint density at radius 1 is 0.938 bits per heavy atom. The maximum absolute atomic E-state index is 12.5. The van der Waals surface area contributed by atoms with Crippen molar-refractivity contribution in [2.24, 2.45) is 0 Å². The van der Waals surface area contributed by atoms with Gasteiger partial charge in [0.25, 0.3) is 0 Å². The van der Waals surface area contributed by atoms with Crippen molar-refractivity contribution in [3.63, 3.8) is 0 Å². The highest BCUT2D eigenvalue weighted by Gasteiger charge is 2.05. The van der Waals surface area contributed by atoms with Gasteiger partial charge in [0.2, 0.25) is 5.91 Å². The number of carboxylic acids is 1. The Morgan fingerprint density at radius 3 is 1.69 bits per heavy atom. The highest BCUT2D eigenvalue weighted by molar-refractivity contribution is 5.78. The molecule has 0 saturated heterocycles. The van der Waals surface area contributed by atoms with Crippen LogP contribution in [0.25, 0.3) is 0 Å². The van der Waals surface area contributed by atoms with Crippen LogP contribution in [0.15, 0.2) is 48.3 Å². The molecular weight excluding hydrogens is 432 g/mol. The predicted molar refractivity (Wildman–Crippen MR) is 128 cm³/mol. The molecule has 8 heteroatoms. The van der Waals surface area contributed by atoms with E-state index in [1.165, 1.54) is 5.32 Å². The molecule has 0 bridgehead atoms. The van der Waals surface area contributed by atoms with E-state index in [1.807, 2.05) is 0 Å². The summed E-state index contributed by atoms with van der Waals surface area (Å²) in [4.78, 5) is 22.7. The number of amides is 1. The number of rotatable bonds is 6. The van der Waals surface area contributed by atoms with E-state index in [-0.39, 0.29) is 27.3 Å². The number of nitrogens with one attached hydrogen (secondary N) is 1. The minimum Gasteiger partial charge on any atom is -1.00 e. The van der Waals surface area contributed by atoms with Crippen LogP contribution in [0.1, 0.15) is 67.1 Å². The molecule has 0 heterocycles. The smallest absolute Gasteiger partial charge is 0.307 e. The number of carbonyl (C=O) groups excluding carboxylic acids is 1. The van der Waals surface area contributed by atoms with Gasteiger partial charge in [0.15, 0.2) is 0 Å². The van der Waals surface area contributed by atoms with Crippen molar-refractivity contribution >= 4 is 11.9 Å². The number of carbonyl (C=O) groups is 2. The lowest BCUT2D eigenvalue weighted by molar-refractivity contribution is -0.136. The first-order chi connectivity index (χ1) is 25.6. The normalized spacial score (nSPS) is 25.2. The zero-order valence-corrected chi connectivity index (χ0v) is 15.2. The second kappa shape index (κ2) is 21.5. The predicted octanol–water partition coefficient (Wildman–Crippen LogP) is 0.760. The molecule has 2 aromatic rings. The van der Waals surface area contributed by atoms with Gasteiger partial charge in [-0.25, -0.2) is 0 Å². The highest BCUT2D eigenvalue weighted by Crippen LogP contribution is 2.12. The molecule has 0 radical (unpaired) electrons. The fourth-order valence-electron chi connectivity index (χ4n) is 1.10. The number of likely N-dealkylation sites (N-methyl/N-ethyl adjacent to an activating group) is 1. The number of aliphatic carboxylic acids is 1. The fraction of sp³-hybridized carbons (Fsp3) is 0.417. The first-order valence-corrected chi connectivity index (χ1v) is 6.62. The van der Waals surface area contributed by atoms with Crippen molar-refractivity contribution in [1.82, 2.24) is 10.2 Å². The van der Waals surface area contributed by atoms with E-state index in [1.54, 1.807) is 0 Å². The number of halogens is 1. The van der Waals surface area contributed by atoms with Gasteiger partial charge in [-0.15, -0.1) is 0 Å². The number of nitrogens with zero attached hydrogens (tertiary/aromatic N) is 1. The Balaban J connectivity index is -0.000000447. The third kappa shape index (κ3) is 17.0. The molecule has 7 nitrogen and oxygen atoms in total. The first-order valence-electron chi connectivity index (χ1n) is 21.6. The molecule has 0 atom stereocenters. The summed E-state index contributed by atoms with van der Waals surface area (Å²) in [5, 5.41) is 10.3. The van der Waals surface area contributed by atoms with Crippen LogP contribution in [-0.2, 0) is 22.3 Å². The maximum atomic E-state index is 12.5. The first kappa shape index (κ1) is 7.64. The molecule has 0 spiro atoms. The summed E-state index contributed by atoms with van der Waals surface area (Å²) in [5.41, 5.74) is -2.27. The van der Waals surface area contributed by atoms with E-state index in [9.17, 15) is 9.59 Å². The van der Waals surface area contributed by atoms with Gasteiger partial charge >= 0.3 is 5.97 Å². The molecule has 0 aliphatic heterocycles. The molecule has 0 fully saturated rings. The molecule has 0 aliphatic carbocycles. The lowest BCUT2D eigenvalue weighted by Crippen LogP contribution is -3.00. The molecular formula is C24H40ClN2O5-. The van der Waals surface area contributed by atoms with E-state index in [2.05, 4.69) is 9.47 Å². The molecule has 0 aromatic heterocycles. The van der Waals surface area contributed by atoms with E-state index < -0.39 is 142 Å². The zero-order chi connectivity index (χ0) is 47.8. The Bertz CT molecular complexity index is 1780. The molecule has 32 heavy (non-hydrogen) atoms. The fourth-order valence-corrected chi connectivity index (χ4v) is 1.10. The molecule has 0 unspecified atom stereocenters. The summed E-state index contributed by atoms with van der Waals surface area (Å²) >= 11 is 0. The molecule has 0 aliphatic rings. The standard InChI is InChI=1S/C11H15NO2.C9H10O3.C2H7N.2CH4.ClH/c1-12(2)11(13)8-9-4-6-10(14-3)7-5-9;1-12-8-4-2-7(3-5-8)6-9(10)11;1-3-2;;;/h4-7H,8H2,1-3H3;2-5H,6H2,1H3,(H,10,11);3H,1-2H3;2*1H4;1H/p-1/i1D3,2D3,3D3,4D,5D,6D,7D,8D2;1D3,2D,3D,4D,5D,6D2;1D3,2D3;;;. The van der Waals surface area contributed by atoms with Crippen molar-refractivity contribution in [3.8, 4) is 11.5 Å². The topological polar surface area (TPSA) is 88.1 Å². The van der Waals surface area contributed by atoms with Gasteiger partial charge in [0, 0.05) is 35.9 Å². The van der Waals surface area contributed by atoms with Crippen molar-refractivity contribution in [1.29, 1.82) is 0 Å². The van der Waals surface area contributed by atoms with Gasteiger partial charge in [-0.1, -0.05) is 39.0 Å². The summed E-state index contributed by atoms with van der Waals surface area (Å²) in [6, 6.07) is -8.73. The van der Waals surface area contributed by atoms with Crippen LogP contribution in [0.5, 0.6) is 11.5 Å². The average Bonchev–Trinajstić information content (AvgIpc) is 2.95. The van der Waals surface area contributed by atoms with E-state index in [0.717, 1.165) is 0 Å². The summed E-state index contributed by atoms with van der Waals surface area (Å²) in [6.07, 6.45) is -6.79. The van der Waals surface area contributed by atoms with Crippen molar-refractivity contribution in [2.75, 3.05) is 42.0 Å². The van der Waals surface area contributed by atoms with Crippen molar-refractivity contribution in [3.05, 3.63) is 59.5 Å². The van der Waals surface area contributed by atoms with Crippen LogP contribution in [0.2, 0.25) is 0 Å². The Kier molecular flexibility index (Phi) is 5.12. The second-order valence-electron chi connectivity index (χ2n) is 3.93. The second-order valence-corrected chi connectivity index (χ2v) is 3.93. The molecule has 2 aromatic carbocycles. The minimum absolute atomic E-state index is 0. The van der Waals surface area contributed by atoms with Gasteiger partial charge in [-0.3, -0.25) is 9.59 Å². The molecule has 2 N–H and O–H groups in total. The summed E-state index contributed by atoms with van der Waals surface area (Å²) < 4.78 is 224. The third-order valence-electron chi connectivity index (χ3n) is 2.08. The summed E-state index contributed by atoms with van der Waals surface area (Å²) in [5.74, 6) is -6.08. The van der Waals surface area contributed by atoms with Crippen LogP contribution in [0.4, 0.5) is 0 Å². The number of carboxylic acid groups (broad SMARTS) is 1. The lowest BCUT2D eigenvalue weighted by Gasteiger charge is -2.10. The van der Waals surface area contributed by atoms with Gasteiger partial charge in [0.05, 0.1) is 46.0 Å².